The van der Waals surface area contributed by atoms with Gasteiger partial charge in [0.1, 0.15) is 0 Å². The Balaban J connectivity index is 1.89. The Hall–Kier alpha value is -2.69. The third-order valence-electron chi connectivity index (χ3n) is 3.20. The van der Waals surface area contributed by atoms with Crippen molar-refractivity contribution < 1.29 is 14.3 Å². The van der Waals surface area contributed by atoms with Gasteiger partial charge in [0.15, 0.2) is 11.4 Å². The minimum absolute atomic E-state index is 0.102. The Labute approximate surface area is 128 Å². The van der Waals surface area contributed by atoms with Crippen LogP contribution in [0.1, 0.15) is 29.8 Å². The molecular formula is C14H17N5O3. The molecule has 8 nitrogen and oxygen atoms in total. The third kappa shape index (κ3) is 3.69. The van der Waals surface area contributed by atoms with E-state index in [-0.39, 0.29) is 23.4 Å². The van der Waals surface area contributed by atoms with Crippen LogP contribution in [-0.4, -0.2) is 42.3 Å². The third-order valence-corrected chi connectivity index (χ3v) is 3.20. The predicted molar refractivity (Wildman–Crippen MR) is 77.7 cm³/mol. The Morgan fingerprint density at radius 1 is 1.36 bits per heavy atom. The quantitative estimate of drug-likeness (QED) is 0.727. The SMILES string of the molecule is C#CCCC1(CCNC(=O)c2ncc(OC)nc2OC)N=N1. The monoisotopic (exact) mass is 303 g/mol. The molecule has 1 aliphatic heterocycles. The summed E-state index contributed by atoms with van der Waals surface area (Å²) in [4.78, 5) is 20.1. The average Bonchev–Trinajstić information content (AvgIpc) is 3.32. The zero-order valence-electron chi connectivity index (χ0n) is 12.5. The summed E-state index contributed by atoms with van der Waals surface area (Å²) >= 11 is 0. The number of carbonyl (C=O) groups is 1. The van der Waals surface area contributed by atoms with Crippen LogP contribution >= 0.6 is 0 Å². The van der Waals surface area contributed by atoms with E-state index in [9.17, 15) is 4.79 Å². The normalized spacial score (nSPS) is 14.0. The lowest BCUT2D eigenvalue weighted by atomic mass is 10.0. The van der Waals surface area contributed by atoms with E-state index >= 15 is 0 Å². The Kier molecular flexibility index (Phi) is 4.88. The molecule has 22 heavy (non-hydrogen) atoms. The van der Waals surface area contributed by atoms with E-state index in [2.05, 4.69) is 31.4 Å². The smallest absolute Gasteiger partial charge is 0.275 e. The first-order chi connectivity index (χ1) is 10.6. The summed E-state index contributed by atoms with van der Waals surface area (Å²) in [5, 5.41) is 10.8. The number of hydrogen-bond acceptors (Lipinski definition) is 7. The summed E-state index contributed by atoms with van der Waals surface area (Å²) in [6.07, 6.45) is 8.50. The molecule has 1 aromatic heterocycles. The molecule has 1 aromatic rings. The number of amides is 1. The molecule has 8 heteroatoms. The van der Waals surface area contributed by atoms with E-state index in [4.69, 9.17) is 15.9 Å². The van der Waals surface area contributed by atoms with E-state index in [0.717, 1.165) is 0 Å². The van der Waals surface area contributed by atoms with Crippen molar-refractivity contribution in [2.45, 2.75) is 24.9 Å². The van der Waals surface area contributed by atoms with Crippen molar-refractivity contribution in [3.63, 3.8) is 0 Å². The molecule has 0 aromatic carbocycles. The molecular weight excluding hydrogens is 286 g/mol. The highest BCUT2D eigenvalue weighted by Crippen LogP contribution is 2.36. The van der Waals surface area contributed by atoms with Gasteiger partial charge in [0.05, 0.1) is 20.4 Å². The minimum Gasteiger partial charge on any atom is -0.480 e. The van der Waals surface area contributed by atoms with E-state index in [1.165, 1.54) is 20.4 Å². The van der Waals surface area contributed by atoms with Crippen molar-refractivity contribution in [1.82, 2.24) is 15.3 Å². The number of hydrogen-bond donors (Lipinski definition) is 1. The summed E-state index contributed by atoms with van der Waals surface area (Å²) in [5.41, 5.74) is -0.319. The number of aromatic nitrogens is 2. The van der Waals surface area contributed by atoms with Crippen LogP contribution in [-0.2, 0) is 0 Å². The maximum Gasteiger partial charge on any atom is 0.275 e. The fourth-order valence-corrected chi connectivity index (χ4v) is 1.88. The highest BCUT2D eigenvalue weighted by Gasteiger charge is 2.38. The highest BCUT2D eigenvalue weighted by atomic mass is 16.5. The molecule has 0 aliphatic carbocycles. The zero-order chi connectivity index (χ0) is 16.0. The topological polar surface area (TPSA) is 98.1 Å². The van der Waals surface area contributed by atoms with Crippen LogP contribution in [0, 0.1) is 12.3 Å². The van der Waals surface area contributed by atoms with Crippen molar-refractivity contribution >= 4 is 5.91 Å². The maximum absolute atomic E-state index is 12.1. The maximum atomic E-state index is 12.1. The molecule has 0 radical (unpaired) electrons. The van der Waals surface area contributed by atoms with E-state index in [1.807, 2.05) is 0 Å². The number of terminal acetylenes is 1. The summed E-state index contributed by atoms with van der Waals surface area (Å²) in [6.45, 7) is 0.410. The van der Waals surface area contributed by atoms with Gasteiger partial charge < -0.3 is 14.8 Å². The van der Waals surface area contributed by atoms with Crippen LogP contribution in [0.25, 0.3) is 0 Å². The summed E-state index contributed by atoms with van der Waals surface area (Å²) < 4.78 is 9.98. The van der Waals surface area contributed by atoms with Gasteiger partial charge in [-0.1, -0.05) is 0 Å². The van der Waals surface area contributed by atoms with Gasteiger partial charge in [-0.2, -0.15) is 15.2 Å². The number of rotatable bonds is 8. The molecule has 1 aliphatic rings. The number of carbonyl (C=O) groups excluding carboxylic acids is 1. The van der Waals surface area contributed by atoms with Crippen LogP contribution in [0.3, 0.4) is 0 Å². The molecule has 1 amide bonds. The first kappa shape index (κ1) is 15.7. The van der Waals surface area contributed by atoms with Crippen molar-refractivity contribution in [1.29, 1.82) is 0 Å². The number of nitrogens with one attached hydrogen (secondary N) is 1. The van der Waals surface area contributed by atoms with Crippen LogP contribution in [0.5, 0.6) is 11.8 Å². The molecule has 0 spiro atoms. The first-order valence-corrected chi connectivity index (χ1v) is 6.75. The van der Waals surface area contributed by atoms with E-state index < -0.39 is 5.66 Å². The van der Waals surface area contributed by atoms with Gasteiger partial charge in [0.2, 0.25) is 11.8 Å². The highest BCUT2D eigenvalue weighted by molar-refractivity contribution is 5.94. The molecule has 0 unspecified atom stereocenters. The van der Waals surface area contributed by atoms with Crippen LogP contribution in [0.15, 0.2) is 16.4 Å². The van der Waals surface area contributed by atoms with Crippen LogP contribution in [0.4, 0.5) is 0 Å². The van der Waals surface area contributed by atoms with E-state index in [1.54, 1.807) is 0 Å². The van der Waals surface area contributed by atoms with Gasteiger partial charge in [-0.05, 0) is 0 Å². The minimum atomic E-state index is -0.421. The van der Waals surface area contributed by atoms with Gasteiger partial charge >= 0.3 is 0 Å². The molecule has 0 fully saturated rings. The molecule has 116 valence electrons. The second kappa shape index (κ2) is 6.85. The standard InChI is InChI=1S/C14H17N5O3/c1-4-5-6-14(18-19-14)7-8-15-12(20)11-13(22-3)17-10(21-2)9-16-11/h1,9H,5-8H2,2-3H3,(H,15,20). The lowest BCUT2D eigenvalue weighted by Crippen LogP contribution is -2.29. The second-order valence-corrected chi connectivity index (χ2v) is 4.66. The summed E-state index contributed by atoms with van der Waals surface area (Å²) in [6, 6.07) is 0. The first-order valence-electron chi connectivity index (χ1n) is 6.75. The predicted octanol–water partition coefficient (Wildman–Crippen LogP) is 1.19. The van der Waals surface area contributed by atoms with Gasteiger partial charge in [0.25, 0.3) is 5.91 Å². The number of methoxy groups -OCH3 is 2. The van der Waals surface area contributed by atoms with Gasteiger partial charge in [0, 0.05) is 25.8 Å². The summed E-state index contributed by atoms with van der Waals surface area (Å²) in [5.74, 6) is 2.57. The fourth-order valence-electron chi connectivity index (χ4n) is 1.88. The molecule has 0 bridgehead atoms. The Morgan fingerprint density at radius 2 is 2.14 bits per heavy atom. The zero-order valence-corrected chi connectivity index (χ0v) is 12.5. The van der Waals surface area contributed by atoms with Gasteiger partial charge in [-0.3, -0.25) is 4.79 Å². The van der Waals surface area contributed by atoms with Crippen LogP contribution in [0.2, 0.25) is 0 Å². The number of ether oxygens (including phenoxy) is 2. The number of nitrogens with zero attached hydrogens (tertiary/aromatic N) is 4. The molecule has 1 N–H and O–H groups in total. The average molecular weight is 303 g/mol. The molecule has 0 atom stereocenters. The van der Waals surface area contributed by atoms with Gasteiger partial charge in [-0.25, -0.2) is 4.98 Å². The van der Waals surface area contributed by atoms with Crippen molar-refractivity contribution in [2.24, 2.45) is 10.2 Å². The Morgan fingerprint density at radius 3 is 2.73 bits per heavy atom. The fraction of sp³-hybridized carbons (Fsp3) is 0.500. The Bertz CT molecular complexity index is 617. The lowest BCUT2D eigenvalue weighted by Gasteiger charge is -2.11. The van der Waals surface area contributed by atoms with Crippen LogP contribution < -0.4 is 14.8 Å². The summed E-state index contributed by atoms with van der Waals surface area (Å²) in [7, 11) is 2.87. The van der Waals surface area contributed by atoms with E-state index in [0.29, 0.717) is 25.8 Å². The molecule has 0 saturated carbocycles. The largest absolute Gasteiger partial charge is 0.480 e. The molecule has 0 saturated heterocycles. The van der Waals surface area contributed by atoms with Crippen molar-refractivity contribution in [3.05, 3.63) is 11.9 Å². The lowest BCUT2D eigenvalue weighted by molar-refractivity contribution is 0.0942. The molecule has 2 heterocycles. The second-order valence-electron chi connectivity index (χ2n) is 4.66. The molecule has 2 rings (SSSR count). The van der Waals surface area contributed by atoms with Crippen molar-refractivity contribution in [2.75, 3.05) is 20.8 Å². The van der Waals surface area contributed by atoms with Gasteiger partial charge in [-0.15, -0.1) is 12.3 Å². The van der Waals surface area contributed by atoms with Crippen molar-refractivity contribution in [3.8, 4) is 24.1 Å².